The van der Waals surface area contributed by atoms with Gasteiger partial charge in [0.2, 0.25) is 0 Å². The minimum atomic E-state index is 0.132. The van der Waals surface area contributed by atoms with E-state index < -0.39 is 0 Å². The monoisotopic (exact) mass is 244 g/mol. The number of rotatable bonds is 1. The van der Waals surface area contributed by atoms with Crippen LogP contribution in [0.3, 0.4) is 0 Å². The van der Waals surface area contributed by atoms with Crippen molar-refractivity contribution >= 4 is 23.2 Å². The fourth-order valence-corrected chi connectivity index (χ4v) is 2.85. The van der Waals surface area contributed by atoms with E-state index in [1.165, 1.54) is 0 Å². The number of allylic oxidation sites excluding steroid dienone is 1. The van der Waals surface area contributed by atoms with Crippen LogP contribution >= 0.6 is 11.3 Å². The molecule has 0 amide bonds. The van der Waals surface area contributed by atoms with Gasteiger partial charge in [0.1, 0.15) is 0 Å². The molecule has 0 aliphatic heterocycles. The zero-order valence-corrected chi connectivity index (χ0v) is 10.3. The van der Waals surface area contributed by atoms with Gasteiger partial charge in [-0.05, 0) is 30.4 Å². The van der Waals surface area contributed by atoms with E-state index in [2.05, 4.69) is 5.10 Å². The quantitative estimate of drug-likeness (QED) is 0.723. The number of hydrogen-bond acceptors (Lipinski definition) is 3. The molecule has 0 spiro atoms. The number of fused-ring (bicyclic) bond motifs is 1. The largest absolute Gasteiger partial charge is 0.289 e. The average molecular weight is 244 g/mol. The first kappa shape index (κ1) is 10.5. The predicted molar refractivity (Wildman–Crippen MR) is 68.2 cm³/mol. The normalized spacial score (nSPS) is 17.5. The predicted octanol–water partition coefficient (Wildman–Crippen LogP) is 2.69. The van der Waals surface area contributed by atoms with Crippen molar-refractivity contribution in [3.05, 3.63) is 45.4 Å². The Labute approximate surface area is 103 Å². The number of aryl methyl sites for hydroxylation is 1. The van der Waals surface area contributed by atoms with E-state index in [0.29, 0.717) is 0 Å². The molecule has 17 heavy (non-hydrogen) atoms. The standard InChI is InChI=1S/C13H12N2OS/c1-15-12-5-4-9(7-10-3-2-6-17-10)13(16)11(12)8-14-15/h2-3,6-8H,4-5H2,1H3. The molecule has 0 saturated heterocycles. The second-order valence-corrected chi connectivity index (χ2v) is 5.12. The maximum absolute atomic E-state index is 12.2. The van der Waals surface area contributed by atoms with E-state index in [9.17, 15) is 4.79 Å². The van der Waals surface area contributed by atoms with Gasteiger partial charge in [-0.3, -0.25) is 9.48 Å². The Morgan fingerprint density at radius 1 is 1.47 bits per heavy atom. The highest BCUT2D eigenvalue weighted by Gasteiger charge is 2.24. The summed E-state index contributed by atoms with van der Waals surface area (Å²) in [4.78, 5) is 13.4. The zero-order valence-electron chi connectivity index (χ0n) is 9.51. The third-order valence-electron chi connectivity index (χ3n) is 3.09. The van der Waals surface area contributed by atoms with Crippen molar-refractivity contribution in [3.63, 3.8) is 0 Å². The minimum absolute atomic E-state index is 0.132. The van der Waals surface area contributed by atoms with Crippen LogP contribution in [0.15, 0.2) is 29.3 Å². The average Bonchev–Trinajstić information content (AvgIpc) is 2.93. The lowest BCUT2D eigenvalue weighted by atomic mass is 9.91. The van der Waals surface area contributed by atoms with Gasteiger partial charge in [0.25, 0.3) is 0 Å². The van der Waals surface area contributed by atoms with Crippen molar-refractivity contribution in [2.24, 2.45) is 7.05 Å². The molecule has 0 fully saturated rings. The van der Waals surface area contributed by atoms with Crippen molar-refractivity contribution in [2.45, 2.75) is 12.8 Å². The third-order valence-corrected chi connectivity index (χ3v) is 3.91. The van der Waals surface area contributed by atoms with Crippen LogP contribution in [0.1, 0.15) is 27.3 Å². The fraction of sp³-hybridized carbons (Fsp3) is 0.231. The van der Waals surface area contributed by atoms with E-state index in [-0.39, 0.29) is 5.78 Å². The smallest absolute Gasteiger partial charge is 0.192 e. The summed E-state index contributed by atoms with van der Waals surface area (Å²) in [5.41, 5.74) is 2.72. The van der Waals surface area contributed by atoms with Crippen LogP contribution in [0.2, 0.25) is 0 Å². The number of nitrogens with zero attached hydrogens (tertiary/aromatic N) is 2. The molecule has 1 aliphatic carbocycles. The van der Waals surface area contributed by atoms with Crippen LogP contribution in [-0.2, 0) is 13.5 Å². The number of hydrogen-bond donors (Lipinski definition) is 0. The number of carbonyl (C=O) groups excluding carboxylic acids is 1. The molecule has 2 heterocycles. The van der Waals surface area contributed by atoms with Crippen LogP contribution in [-0.4, -0.2) is 15.6 Å². The number of thiophene rings is 1. The van der Waals surface area contributed by atoms with Crippen LogP contribution in [0.25, 0.3) is 6.08 Å². The molecule has 0 atom stereocenters. The highest BCUT2D eigenvalue weighted by atomic mass is 32.1. The molecule has 3 rings (SSSR count). The second kappa shape index (κ2) is 3.96. The van der Waals surface area contributed by atoms with Crippen molar-refractivity contribution in [1.82, 2.24) is 9.78 Å². The van der Waals surface area contributed by atoms with Gasteiger partial charge in [0.15, 0.2) is 5.78 Å². The summed E-state index contributed by atoms with van der Waals surface area (Å²) >= 11 is 1.66. The van der Waals surface area contributed by atoms with Gasteiger partial charge in [-0.1, -0.05) is 6.07 Å². The first-order valence-electron chi connectivity index (χ1n) is 5.55. The molecule has 0 bridgehead atoms. The van der Waals surface area contributed by atoms with Crippen LogP contribution in [0, 0.1) is 0 Å². The first-order valence-corrected chi connectivity index (χ1v) is 6.43. The molecule has 3 nitrogen and oxygen atoms in total. The van der Waals surface area contributed by atoms with Gasteiger partial charge in [0, 0.05) is 23.2 Å². The van der Waals surface area contributed by atoms with Gasteiger partial charge < -0.3 is 0 Å². The van der Waals surface area contributed by atoms with E-state index in [4.69, 9.17) is 0 Å². The second-order valence-electron chi connectivity index (χ2n) is 4.14. The molecule has 0 unspecified atom stereocenters. The van der Waals surface area contributed by atoms with Crippen molar-refractivity contribution in [3.8, 4) is 0 Å². The molecular formula is C13H12N2OS. The number of Topliss-reactive ketones (excluding diaryl/α,β-unsaturated/α-hetero) is 1. The van der Waals surface area contributed by atoms with E-state index in [0.717, 1.165) is 34.5 Å². The molecular weight excluding hydrogens is 232 g/mol. The highest BCUT2D eigenvalue weighted by molar-refractivity contribution is 7.10. The SMILES string of the molecule is Cn1ncc2c1CCC(=Cc1cccs1)C2=O. The lowest BCUT2D eigenvalue weighted by Crippen LogP contribution is -2.14. The Morgan fingerprint density at radius 3 is 3.12 bits per heavy atom. The van der Waals surface area contributed by atoms with Crippen molar-refractivity contribution < 1.29 is 4.79 Å². The first-order chi connectivity index (χ1) is 8.25. The lowest BCUT2D eigenvalue weighted by Gasteiger charge is -2.14. The number of ketones is 1. The molecule has 4 heteroatoms. The Hall–Kier alpha value is -1.68. The van der Waals surface area contributed by atoms with Gasteiger partial charge in [-0.15, -0.1) is 11.3 Å². The van der Waals surface area contributed by atoms with E-state index in [1.807, 2.05) is 30.6 Å². The zero-order chi connectivity index (χ0) is 11.8. The number of aromatic nitrogens is 2. The van der Waals surface area contributed by atoms with Crippen LogP contribution < -0.4 is 0 Å². The van der Waals surface area contributed by atoms with Gasteiger partial charge in [-0.2, -0.15) is 5.10 Å². The lowest BCUT2D eigenvalue weighted by molar-refractivity contribution is 0.102. The minimum Gasteiger partial charge on any atom is -0.289 e. The molecule has 0 radical (unpaired) electrons. The summed E-state index contributed by atoms with van der Waals surface area (Å²) in [5, 5.41) is 6.17. The highest BCUT2D eigenvalue weighted by Crippen LogP contribution is 2.26. The molecule has 1 aliphatic rings. The molecule has 0 saturated carbocycles. The third kappa shape index (κ3) is 1.74. The molecule has 2 aromatic rings. The summed E-state index contributed by atoms with van der Waals surface area (Å²) in [6.07, 6.45) is 5.39. The topological polar surface area (TPSA) is 34.9 Å². The fourth-order valence-electron chi connectivity index (χ4n) is 2.17. The number of carbonyl (C=O) groups is 1. The van der Waals surface area contributed by atoms with Gasteiger partial charge in [0.05, 0.1) is 11.8 Å². The van der Waals surface area contributed by atoms with Gasteiger partial charge >= 0.3 is 0 Å². The maximum atomic E-state index is 12.2. The summed E-state index contributed by atoms with van der Waals surface area (Å²) < 4.78 is 1.80. The van der Waals surface area contributed by atoms with Crippen molar-refractivity contribution in [1.29, 1.82) is 0 Å². The Morgan fingerprint density at radius 2 is 2.35 bits per heavy atom. The van der Waals surface area contributed by atoms with E-state index in [1.54, 1.807) is 22.2 Å². The summed E-state index contributed by atoms with van der Waals surface area (Å²) in [6, 6.07) is 4.03. The molecule has 2 aromatic heterocycles. The van der Waals surface area contributed by atoms with Crippen LogP contribution in [0.5, 0.6) is 0 Å². The Kier molecular flexibility index (Phi) is 2.44. The van der Waals surface area contributed by atoms with Crippen LogP contribution in [0.4, 0.5) is 0 Å². The Bertz CT molecular complexity index is 593. The maximum Gasteiger partial charge on any atom is 0.192 e. The molecule has 0 aromatic carbocycles. The Balaban J connectivity index is 2.00. The molecule has 86 valence electrons. The summed E-state index contributed by atoms with van der Waals surface area (Å²) in [5.74, 6) is 0.132. The van der Waals surface area contributed by atoms with E-state index >= 15 is 0 Å². The molecule has 0 N–H and O–H groups in total. The van der Waals surface area contributed by atoms with Gasteiger partial charge in [-0.25, -0.2) is 0 Å². The summed E-state index contributed by atoms with van der Waals surface area (Å²) in [6.45, 7) is 0. The summed E-state index contributed by atoms with van der Waals surface area (Å²) in [7, 11) is 1.89. The van der Waals surface area contributed by atoms with Crippen molar-refractivity contribution in [2.75, 3.05) is 0 Å².